The second kappa shape index (κ2) is 10.1. The van der Waals surface area contributed by atoms with Crippen LogP contribution in [0.4, 0.5) is 0 Å². The molecule has 3 rings (SSSR count). The number of carbonyl (C=O) groups excluding carboxylic acids is 1. The molecule has 156 valence electrons. The Morgan fingerprint density at radius 3 is 2.52 bits per heavy atom. The molecule has 1 saturated heterocycles. The van der Waals surface area contributed by atoms with E-state index in [9.17, 15) is 4.79 Å². The molecule has 1 aromatic heterocycles. The molecule has 1 N–H and O–H groups in total. The standard InChI is InChI=1S/C22H29ClN4O2/c1-16(2)29-22-19(23)13-18(14-24-22)21(28)25-20(17-7-5-4-6-8-17)15-27-11-9-26(3)10-12-27/h4-8,13-14,16,20H,9-12,15H2,1-3H3,(H,25,28). The lowest BCUT2D eigenvalue weighted by Crippen LogP contribution is -2.47. The van der Waals surface area contributed by atoms with Crippen molar-refractivity contribution in [2.45, 2.75) is 26.0 Å². The van der Waals surface area contributed by atoms with Gasteiger partial charge in [-0.05, 0) is 32.5 Å². The van der Waals surface area contributed by atoms with E-state index in [-0.39, 0.29) is 18.1 Å². The molecule has 2 aromatic rings. The van der Waals surface area contributed by atoms with E-state index >= 15 is 0 Å². The molecular weight excluding hydrogens is 388 g/mol. The van der Waals surface area contributed by atoms with E-state index in [0.29, 0.717) is 16.5 Å². The van der Waals surface area contributed by atoms with Crippen molar-refractivity contribution in [1.82, 2.24) is 20.1 Å². The molecule has 0 radical (unpaired) electrons. The first-order chi connectivity index (χ1) is 13.9. The van der Waals surface area contributed by atoms with Crippen LogP contribution >= 0.6 is 11.6 Å². The number of ether oxygens (including phenoxy) is 1. The quantitative estimate of drug-likeness (QED) is 0.750. The third kappa shape index (κ3) is 6.16. The second-order valence-electron chi connectivity index (χ2n) is 7.72. The van der Waals surface area contributed by atoms with Gasteiger partial charge in [-0.2, -0.15) is 0 Å². The van der Waals surface area contributed by atoms with Gasteiger partial charge in [0.2, 0.25) is 5.88 Å². The summed E-state index contributed by atoms with van der Waals surface area (Å²) in [6.45, 7) is 8.62. The van der Waals surface area contributed by atoms with E-state index in [0.717, 1.165) is 38.3 Å². The normalized spacial score (nSPS) is 16.6. The number of benzene rings is 1. The van der Waals surface area contributed by atoms with Crippen LogP contribution in [0.3, 0.4) is 0 Å². The maximum Gasteiger partial charge on any atom is 0.253 e. The molecular formula is C22H29ClN4O2. The number of hydrogen-bond donors (Lipinski definition) is 1. The van der Waals surface area contributed by atoms with Crippen LogP contribution in [0.5, 0.6) is 5.88 Å². The van der Waals surface area contributed by atoms with Gasteiger partial charge in [0.05, 0.1) is 17.7 Å². The lowest BCUT2D eigenvalue weighted by Gasteiger charge is -2.35. The van der Waals surface area contributed by atoms with Crippen molar-refractivity contribution in [1.29, 1.82) is 0 Å². The number of nitrogens with zero attached hydrogens (tertiary/aromatic N) is 3. The predicted octanol–water partition coefficient (Wildman–Crippen LogP) is 3.24. The molecule has 1 atom stereocenters. The Bertz CT molecular complexity index is 808. The van der Waals surface area contributed by atoms with Crippen molar-refractivity contribution in [2.75, 3.05) is 39.8 Å². The maximum atomic E-state index is 12.9. The number of aromatic nitrogens is 1. The first-order valence-electron chi connectivity index (χ1n) is 10.0. The predicted molar refractivity (Wildman–Crippen MR) is 116 cm³/mol. The van der Waals surface area contributed by atoms with Crippen molar-refractivity contribution in [2.24, 2.45) is 0 Å². The van der Waals surface area contributed by atoms with Crippen molar-refractivity contribution in [3.63, 3.8) is 0 Å². The van der Waals surface area contributed by atoms with Crippen LogP contribution in [0.25, 0.3) is 0 Å². The van der Waals surface area contributed by atoms with Gasteiger partial charge in [-0.15, -0.1) is 0 Å². The van der Waals surface area contributed by atoms with Crippen LogP contribution in [0.15, 0.2) is 42.6 Å². The number of rotatable bonds is 7. The van der Waals surface area contributed by atoms with Gasteiger partial charge in [0.25, 0.3) is 5.91 Å². The monoisotopic (exact) mass is 416 g/mol. The number of pyridine rings is 1. The van der Waals surface area contributed by atoms with E-state index in [2.05, 4.69) is 27.1 Å². The van der Waals surface area contributed by atoms with Gasteiger partial charge >= 0.3 is 0 Å². The zero-order valence-electron chi connectivity index (χ0n) is 17.3. The van der Waals surface area contributed by atoms with E-state index in [1.807, 2.05) is 44.2 Å². The third-order valence-corrected chi connectivity index (χ3v) is 5.23. The number of nitrogens with one attached hydrogen (secondary N) is 1. The molecule has 1 unspecified atom stereocenters. The highest BCUT2D eigenvalue weighted by Crippen LogP contribution is 2.24. The summed E-state index contributed by atoms with van der Waals surface area (Å²) in [4.78, 5) is 21.9. The number of likely N-dealkylation sites (N-methyl/N-ethyl adjacent to an activating group) is 1. The van der Waals surface area contributed by atoms with Crippen molar-refractivity contribution < 1.29 is 9.53 Å². The van der Waals surface area contributed by atoms with Crippen LogP contribution in [0, 0.1) is 0 Å². The average Bonchev–Trinajstić information content (AvgIpc) is 2.71. The van der Waals surface area contributed by atoms with Crippen LogP contribution in [0.1, 0.15) is 35.8 Å². The maximum absolute atomic E-state index is 12.9. The highest BCUT2D eigenvalue weighted by molar-refractivity contribution is 6.32. The van der Waals surface area contributed by atoms with Gasteiger partial charge < -0.3 is 15.0 Å². The van der Waals surface area contributed by atoms with Gasteiger partial charge in [0.15, 0.2) is 0 Å². The summed E-state index contributed by atoms with van der Waals surface area (Å²) >= 11 is 6.26. The van der Waals surface area contributed by atoms with Crippen molar-refractivity contribution in [3.05, 3.63) is 58.7 Å². The molecule has 6 nitrogen and oxygen atoms in total. The molecule has 29 heavy (non-hydrogen) atoms. The molecule has 1 fully saturated rings. The zero-order valence-corrected chi connectivity index (χ0v) is 18.0. The summed E-state index contributed by atoms with van der Waals surface area (Å²) < 4.78 is 5.55. The molecule has 1 amide bonds. The van der Waals surface area contributed by atoms with E-state index in [1.54, 1.807) is 6.07 Å². The smallest absolute Gasteiger partial charge is 0.253 e. The highest BCUT2D eigenvalue weighted by Gasteiger charge is 2.22. The SMILES string of the molecule is CC(C)Oc1ncc(C(=O)NC(CN2CCN(C)CC2)c2ccccc2)cc1Cl. The van der Waals surface area contributed by atoms with Crippen LogP contribution in [0.2, 0.25) is 5.02 Å². The van der Waals surface area contributed by atoms with Gasteiger partial charge in [-0.1, -0.05) is 41.9 Å². The molecule has 7 heteroatoms. The summed E-state index contributed by atoms with van der Waals surface area (Å²) in [7, 11) is 2.14. The number of hydrogen-bond acceptors (Lipinski definition) is 5. The Kier molecular flexibility index (Phi) is 7.47. The Morgan fingerprint density at radius 2 is 1.90 bits per heavy atom. The lowest BCUT2D eigenvalue weighted by molar-refractivity contribution is 0.0906. The topological polar surface area (TPSA) is 57.7 Å². The summed E-state index contributed by atoms with van der Waals surface area (Å²) in [5, 5.41) is 3.50. The number of halogens is 1. The Balaban J connectivity index is 1.73. The van der Waals surface area contributed by atoms with Crippen LogP contribution in [-0.4, -0.2) is 66.6 Å². The highest BCUT2D eigenvalue weighted by atomic mass is 35.5. The van der Waals surface area contributed by atoms with Gasteiger partial charge in [-0.25, -0.2) is 4.98 Å². The fourth-order valence-corrected chi connectivity index (χ4v) is 3.52. The second-order valence-corrected chi connectivity index (χ2v) is 8.13. The Hall–Kier alpha value is -2.15. The fourth-order valence-electron chi connectivity index (χ4n) is 3.31. The Morgan fingerprint density at radius 1 is 1.21 bits per heavy atom. The Labute approximate surface area is 177 Å². The van der Waals surface area contributed by atoms with E-state index in [4.69, 9.17) is 16.3 Å². The molecule has 1 aliphatic rings. The summed E-state index contributed by atoms with van der Waals surface area (Å²) in [6, 6.07) is 11.6. The average molecular weight is 417 g/mol. The minimum absolute atomic E-state index is 0.0364. The van der Waals surface area contributed by atoms with E-state index in [1.165, 1.54) is 6.20 Å². The first kappa shape index (κ1) is 21.6. The lowest BCUT2D eigenvalue weighted by atomic mass is 10.1. The summed E-state index contributed by atoms with van der Waals surface area (Å²) in [6.07, 6.45) is 1.47. The van der Waals surface area contributed by atoms with Crippen LogP contribution in [-0.2, 0) is 0 Å². The van der Waals surface area contributed by atoms with Gasteiger partial charge in [0.1, 0.15) is 5.02 Å². The third-order valence-electron chi connectivity index (χ3n) is 4.96. The molecule has 1 aliphatic heterocycles. The molecule has 0 saturated carbocycles. The van der Waals surface area contributed by atoms with Crippen molar-refractivity contribution in [3.8, 4) is 5.88 Å². The number of amides is 1. The largest absolute Gasteiger partial charge is 0.474 e. The number of piperazine rings is 1. The molecule has 0 bridgehead atoms. The fraction of sp³-hybridized carbons (Fsp3) is 0.455. The molecule has 0 spiro atoms. The van der Waals surface area contributed by atoms with Crippen molar-refractivity contribution >= 4 is 17.5 Å². The summed E-state index contributed by atoms with van der Waals surface area (Å²) in [5.74, 6) is 0.147. The van der Waals surface area contributed by atoms with Gasteiger partial charge in [0, 0.05) is 38.9 Å². The summed E-state index contributed by atoms with van der Waals surface area (Å²) in [5.41, 5.74) is 1.50. The first-order valence-corrected chi connectivity index (χ1v) is 10.4. The molecule has 2 heterocycles. The number of carbonyl (C=O) groups is 1. The van der Waals surface area contributed by atoms with E-state index < -0.39 is 0 Å². The minimum Gasteiger partial charge on any atom is -0.474 e. The molecule has 1 aromatic carbocycles. The zero-order chi connectivity index (χ0) is 20.8. The van der Waals surface area contributed by atoms with Gasteiger partial charge in [-0.3, -0.25) is 9.69 Å². The minimum atomic E-state index is -0.196. The van der Waals surface area contributed by atoms with Crippen LogP contribution < -0.4 is 10.1 Å². The molecule has 0 aliphatic carbocycles.